The van der Waals surface area contributed by atoms with Gasteiger partial charge >= 0.3 is 0 Å². The molecule has 0 aliphatic rings. The topological polar surface area (TPSA) is 37.3 Å². The lowest BCUT2D eigenvalue weighted by molar-refractivity contribution is -0.104. The van der Waals surface area contributed by atoms with Crippen molar-refractivity contribution < 1.29 is 9.90 Å². The fraction of sp³-hybridized carbons (Fsp3) is 0.600. The van der Waals surface area contributed by atoms with Crippen LogP contribution in [-0.4, -0.2) is 17.5 Å². The predicted octanol–water partition coefficient (Wildman–Crippen LogP) is 1.69. The maximum absolute atomic E-state index is 10.2. The van der Waals surface area contributed by atoms with Crippen LogP contribution in [0.1, 0.15) is 27.7 Å². The van der Waals surface area contributed by atoms with Crippen LogP contribution in [0, 0.1) is 5.41 Å². The van der Waals surface area contributed by atoms with Crippen LogP contribution in [0.15, 0.2) is 17.4 Å². The first-order valence-electron chi connectivity index (χ1n) is 3.94. The smallest absolute Gasteiger partial charge is 0.153 e. The molecule has 0 rings (SSSR count). The van der Waals surface area contributed by atoms with Crippen LogP contribution in [-0.2, 0) is 4.79 Å². The largest absolute Gasteiger partial charge is 0.388 e. The summed E-state index contributed by atoms with van der Waals surface area (Å²) in [6, 6.07) is 0. The number of carbonyl (C=O) groups is 1. The molecule has 0 aliphatic heterocycles. The normalized spacial score (nSPS) is 13.1. The Morgan fingerprint density at radius 2 is 2.00 bits per heavy atom. The predicted molar refractivity (Wildman–Crippen MR) is 48.8 cm³/mol. The summed E-state index contributed by atoms with van der Waals surface area (Å²) >= 11 is 0. The molecule has 0 aromatic heterocycles. The molecule has 0 saturated carbocycles. The van der Waals surface area contributed by atoms with E-state index >= 15 is 0 Å². The third-order valence-corrected chi connectivity index (χ3v) is 1.53. The zero-order valence-corrected chi connectivity index (χ0v) is 8.09. The summed E-state index contributed by atoms with van der Waals surface area (Å²) in [6.07, 6.45) is 1.67. The Kier molecular flexibility index (Phi) is 3.94. The van der Waals surface area contributed by atoms with Gasteiger partial charge in [0.2, 0.25) is 0 Å². The lowest BCUT2D eigenvalue weighted by Gasteiger charge is -2.21. The van der Waals surface area contributed by atoms with Crippen LogP contribution in [0.4, 0.5) is 0 Å². The van der Waals surface area contributed by atoms with Gasteiger partial charge in [0.15, 0.2) is 6.29 Å². The number of hydrogen-bond acceptors (Lipinski definition) is 2. The van der Waals surface area contributed by atoms with Gasteiger partial charge in [0.1, 0.15) is 0 Å². The van der Waals surface area contributed by atoms with Gasteiger partial charge in [-0.05, 0) is 18.4 Å². The van der Waals surface area contributed by atoms with E-state index in [4.69, 9.17) is 0 Å². The first-order chi connectivity index (χ1) is 5.38. The second-order valence-corrected chi connectivity index (χ2v) is 3.92. The molecule has 1 atom stereocenters. The van der Waals surface area contributed by atoms with E-state index in [-0.39, 0.29) is 5.41 Å². The van der Waals surface area contributed by atoms with Crippen molar-refractivity contribution in [2.75, 3.05) is 0 Å². The van der Waals surface area contributed by atoms with Gasteiger partial charge in [-0.3, -0.25) is 4.79 Å². The molecule has 0 fully saturated rings. The zero-order valence-electron chi connectivity index (χ0n) is 8.09. The van der Waals surface area contributed by atoms with E-state index in [0.717, 1.165) is 0 Å². The van der Waals surface area contributed by atoms with Gasteiger partial charge < -0.3 is 5.11 Å². The van der Waals surface area contributed by atoms with E-state index in [2.05, 4.69) is 5.73 Å². The Hall–Kier alpha value is -0.850. The molecule has 0 radical (unpaired) electrons. The molecule has 0 aromatic rings. The lowest BCUT2D eigenvalue weighted by atomic mass is 9.89. The fourth-order valence-electron chi connectivity index (χ4n) is 0.494. The third-order valence-electron chi connectivity index (χ3n) is 1.53. The highest BCUT2D eigenvalue weighted by Gasteiger charge is 2.18. The maximum Gasteiger partial charge on any atom is 0.153 e. The van der Waals surface area contributed by atoms with Crippen molar-refractivity contribution in [1.29, 1.82) is 0 Å². The van der Waals surface area contributed by atoms with E-state index in [1.807, 2.05) is 20.8 Å². The second kappa shape index (κ2) is 4.24. The quantitative estimate of drug-likeness (QED) is 0.387. The molecule has 0 heterocycles. The minimum Gasteiger partial charge on any atom is -0.388 e. The minimum absolute atomic E-state index is 0.198. The third kappa shape index (κ3) is 4.12. The Morgan fingerprint density at radius 1 is 1.50 bits per heavy atom. The SMILES string of the molecule is CC(=C=CC(O)C(C)(C)C)C=O. The monoisotopic (exact) mass is 168 g/mol. The van der Waals surface area contributed by atoms with E-state index in [0.29, 0.717) is 11.9 Å². The highest BCUT2D eigenvalue weighted by molar-refractivity contribution is 5.71. The number of hydrogen-bond donors (Lipinski definition) is 1. The Labute approximate surface area is 73.6 Å². The average molecular weight is 168 g/mol. The molecule has 68 valence electrons. The van der Waals surface area contributed by atoms with Gasteiger partial charge in [-0.2, -0.15) is 0 Å². The number of aldehydes is 1. The van der Waals surface area contributed by atoms with E-state index in [1.54, 1.807) is 6.92 Å². The van der Waals surface area contributed by atoms with Gasteiger partial charge in [0.25, 0.3) is 0 Å². The molecule has 0 spiro atoms. The van der Waals surface area contributed by atoms with Crippen molar-refractivity contribution in [3.63, 3.8) is 0 Å². The molecule has 0 aliphatic carbocycles. The number of rotatable bonds is 2. The summed E-state index contributed by atoms with van der Waals surface area (Å²) in [7, 11) is 0. The number of aliphatic hydroxyl groups excluding tert-OH is 1. The van der Waals surface area contributed by atoms with Crippen LogP contribution in [0.25, 0.3) is 0 Å². The van der Waals surface area contributed by atoms with Crippen LogP contribution in [0.5, 0.6) is 0 Å². The summed E-state index contributed by atoms with van der Waals surface area (Å²) in [6.45, 7) is 7.42. The van der Waals surface area contributed by atoms with Crippen molar-refractivity contribution in [3.05, 3.63) is 17.4 Å². The number of aliphatic hydroxyl groups is 1. The molecular formula is C10H16O2. The van der Waals surface area contributed by atoms with Crippen molar-refractivity contribution >= 4 is 6.29 Å². The first-order valence-corrected chi connectivity index (χ1v) is 3.94. The van der Waals surface area contributed by atoms with Crippen LogP contribution in [0.3, 0.4) is 0 Å². The Balaban J connectivity index is 4.47. The molecule has 0 amide bonds. The van der Waals surface area contributed by atoms with Gasteiger partial charge in [-0.15, -0.1) is 5.73 Å². The highest BCUT2D eigenvalue weighted by atomic mass is 16.3. The molecule has 0 bridgehead atoms. The maximum atomic E-state index is 10.2. The van der Waals surface area contributed by atoms with E-state index in [1.165, 1.54) is 6.08 Å². The van der Waals surface area contributed by atoms with E-state index in [9.17, 15) is 9.90 Å². The molecule has 2 nitrogen and oxygen atoms in total. The van der Waals surface area contributed by atoms with Gasteiger partial charge in [0, 0.05) is 5.57 Å². The standard InChI is InChI=1S/C10H16O2/c1-8(7-11)5-6-9(12)10(2,3)4/h6-7,9,12H,1-4H3. The van der Waals surface area contributed by atoms with Crippen LogP contribution in [0.2, 0.25) is 0 Å². The summed E-state index contributed by atoms with van der Waals surface area (Å²) in [5, 5.41) is 9.48. The molecular weight excluding hydrogens is 152 g/mol. The average Bonchev–Trinajstić information content (AvgIpc) is 1.97. The lowest BCUT2D eigenvalue weighted by Crippen LogP contribution is -2.23. The fourth-order valence-corrected chi connectivity index (χ4v) is 0.494. The molecule has 12 heavy (non-hydrogen) atoms. The zero-order chi connectivity index (χ0) is 9.78. The summed E-state index contributed by atoms with van der Waals surface area (Å²) < 4.78 is 0. The van der Waals surface area contributed by atoms with Crippen LogP contribution < -0.4 is 0 Å². The van der Waals surface area contributed by atoms with Crippen LogP contribution >= 0.6 is 0 Å². The van der Waals surface area contributed by atoms with Crippen molar-refractivity contribution in [3.8, 4) is 0 Å². The molecule has 1 N–H and O–H groups in total. The molecule has 1 unspecified atom stereocenters. The van der Waals surface area contributed by atoms with Gasteiger partial charge in [-0.1, -0.05) is 20.8 Å². The summed E-state index contributed by atoms with van der Waals surface area (Å²) in [5.74, 6) is 0. The van der Waals surface area contributed by atoms with E-state index < -0.39 is 6.10 Å². The molecule has 0 aromatic carbocycles. The summed E-state index contributed by atoms with van der Waals surface area (Å²) in [5.41, 5.74) is 3.01. The second-order valence-electron chi connectivity index (χ2n) is 3.92. The summed E-state index contributed by atoms with van der Waals surface area (Å²) in [4.78, 5) is 10.2. The number of carbonyl (C=O) groups excluding carboxylic acids is 1. The Morgan fingerprint density at radius 3 is 2.33 bits per heavy atom. The Bertz CT molecular complexity index is 214. The molecule has 0 saturated heterocycles. The van der Waals surface area contributed by atoms with Crippen molar-refractivity contribution in [2.24, 2.45) is 5.41 Å². The van der Waals surface area contributed by atoms with Gasteiger partial charge in [0.05, 0.1) is 6.10 Å². The van der Waals surface area contributed by atoms with Crippen molar-refractivity contribution in [2.45, 2.75) is 33.8 Å². The first kappa shape index (κ1) is 11.2. The molecule has 2 heteroatoms. The van der Waals surface area contributed by atoms with Crippen molar-refractivity contribution in [1.82, 2.24) is 0 Å². The minimum atomic E-state index is -0.563. The van der Waals surface area contributed by atoms with Gasteiger partial charge in [-0.25, -0.2) is 0 Å². The highest BCUT2D eigenvalue weighted by Crippen LogP contribution is 2.19.